The number of aliphatic carboxylic acids is 1. The van der Waals surface area contributed by atoms with E-state index in [9.17, 15) is 14.7 Å². The van der Waals surface area contributed by atoms with Gasteiger partial charge >= 0.3 is 5.97 Å². The van der Waals surface area contributed by atoms with Crippen molar-refractivity contribution < 1.29 is 19.4 Å². The van der Waals surface area contributed by atoms with Gasteiger partial charge in [-0.25, -0.2) is 4.79 Å². The number of carbonyl (C=O) groups is 2. The summed E-state index contributed by atoms with van der Waals surface area (Å²) in [5.74, 6) is -0.708. The van der Waals surface area contributed by atoms with Crippen LogP contribution in [0.3, 0.4) is 0 Å². The fraction of sp³-hybridized carbons (Fsp3) is 0. The van der Waals surface area contributed by atoms with Crippen LogP contribution in [-0.2, 0) is 4.79 Å². The zero-order chi connectivity index (χ0) is 21.0. The number of amides is 1. The van der Waals surface area contributed by atoms with E-state index < -0.39 is 11.9 Å². The molecule has 2 N–H and O–H groups in total. The molecule has 1 aromatic heterocycles. The number of nitrogens with one attached hydrogen (secondary N) is 1. The van der Waals surface area contributed by atoms with Gasteiger partial charge in [-0.1, -0.05) is 47.5 Å². The second kappa shape index (κ2) is 9.45. The Morgan fingerprint density at radius 2 is 1.79 bits per heavy atom. The summed E-state index contributed by atoms with van der Waals surface area (Å²) in [6.07, 6.45) is 1.34. The summed E-state index contributed by atoms with van der Waals surface area (Å²) in [5, 5.41) is 11.8. The number of carboxylic acids is 1. The Hall–Kier alpha value is -2.32. The summed E-state index contributed by atoms with van der Waals surface area (Å²) in [4.78, 5) is 23.8. The lowest BCUT2D eigenvalue weighted by Crippen LogP contribution is -2.27. The molecule has 5 nitrogen and oxygen atoms in total. The normalized spacial score (nSPS) is 11.2. The van der Waals surface area contributed by atoms with Gasteiger partial charge in [0, 0.05) is 0 Å². The standard InChI is InChI=1S/C20H12BrCl2NO4S/c21-14-3-1-2-4-16(14)28-12-7-5-11(6-8-12)9-15(20(26)27)24-19(25)13-10-17(22)29-18(13)23/h1-10H,(H,24,25)(H,26,27)/b15-9+. The number of benzene rings is 2. The van der Waals surface area contributed by atoms with E-state index in [1.165, 1.54) is 12.1 Å². The van der Waals surface area contributed by atoms with Gasteiger partial charge in [-0.05, 0) is 57.9 Å². The van der Waals surface area contributed by atoms with Crippen molar-refractivity contribution in [2.75, 3.05) is 0 Å². The van der Waals surface area contributed by atoms with Crippen molar-refractivity contribution in [3.8, 4) is 11.5 Å². The van der Waals surface area contributed by atoms with Crippen LogP contribution in [0, 0.1) is 0 Å². The molecule has 0 saturated heterocycles. The van der Waals surface area contributed by atoms with E-state index in [0.717, 1.165) is 15.8 Å². The van der Waals surface area contributed by atoms with Gasteiger partial charge in [0.15, 0.2) is 0 Å². The van der Waals surface area contributed by atoms with E-state index in [1.807, 2.05) is 24.3 Å². The highest BCUT2D eigenvalue weighted by Crippen LogP contribution is 2.31. The lowest BCUT2D eigenvalue weighted by Gasteiger charge is -2.08. The van der Waals surface area contributed by atoms with Gasteiger partial charge in [0.05, 0.1) is 14.4 Å². The summed E-state index contributed by atoms with van der Waals surface area (Å²) in [6.45, 7) is 0. The summed E-state index contributed by atoms with van der Waals surface area (Å²) in [7, 11) is 0. The summed E-state index contributed by atoms with van der Waals surface area (Å²) in [6, 6.07) is 15.5. The average Bonchev–Trinajstić information content (AvgIpc) is 3.02. The third kappa shape index (κ3) is 5.61. The van der Waals surface area contributed by atoms with Crippen LogP contribution >= 0.6 is 50.5 Å². The van der Waals surface area contributed by atoms with Crippen molar-refractivity contribution >= 4 is 68.4 Å². The van der Waals surface area contributed by atoms with Gasteiger partial charge in [0.25, 0.3) is 5.91 Å². The first kappa shape index (κ1) is 21.4. The van der Waals surface area contributed by atoms with Gasteiger partial charge in [-0.2, -0.15) is 0 Å². The molecule has 0 spiro atoms. The molecule has 0 aliphatic heterocycles. The van der Waals surface area contributed by atoms with Crippen molar-refractivity contribution in [2.45, 2.75) is 0 Å². The van der Waals surface area contributed by atoms with Crippen LogP contribution in [0.4, 0.5) is 0 Å². The first-order valence-electron chi connectivity index (χ1n) is 8.07. The molecule has 1 heterocycles. The van der Waals surface area contributed by atoms with Gasteiger partial charge in [-0.15, -0.1) is 11.3 Å². The maximum atomic E-state index is 12.3. The first-order valence-corrected chi connectivity index (χ1v) is 10.4. The maximum absolute atomic E-state index is 12.3. The molecule has 2 aromatic carbocycles. The number of para-hydroxylation sites is 1. The highest BCUT2D eigenvalue weighted by molar-refractivity contribution is 9.10. The molecule has 0 aliphatic rings. The molecule has 0 radical (unpaired) electrons. The largest absolute Gasteiger partial charge is 0.477 e. The van der Waals surface area contributed by atoms with Crippen LogP contribution in [0.1, 0.15) is 15.9 Å². The van der Waals surface area contributed by atoms with E-state index >= 15 is 0 Å². The van der Waals surface area contributed by atoms with Gasteiger partial charge in [-0.3, -0.25) is 4.79 Å². The van der Waals surface area contributed by atoms with Crippen molar-refractivity contribution in [1.29, 1.82) is 0 Å². The Kier molecular flexibility index (Phi) is 6.97. The zero-order valence-electron chi connectivity index (χ0n) is 14.5. The summed E-state index contributed by atoms with van der Waals surface area (Å²) < 4.78 is 7.11. The number of hydrogen-bond acceptors (Lipinski definition) is 4. The van der Waals surface area contributed by atoms with Crippen LogP contribution < -0.4 is 10.1 Å². The van der Waals surface area contributed by atoms with Crippen LogP contribution in [0.2, 0.25) is 8.67 Å². The molecule has 0 atom stereocenters. The minimum absolute atomic E-state index is 0.117. The predicted octanol–water partition coefficient (Wildman–Crippen LogP) is 6.47. The molecule has 0 saturated carbocycles. The van der Waals surface area contributed by atoms with Gasteiger partial charge in [0.1, 0.15) is 21.5 Å². The van der Waals surface area contributed by atoms with Crippen LogP contribution in [0.15, 0.2) is 64.8 Å². The molecular formula is C20H12BrCl2NO4S. The number of hydrogen-bond donors (Lipinski definition) is 2. The van der Waals surface area contributed by atoms with E-state index in [4.69, 9.17) is 27.9 Å². The number of carbonyl (C=O) groups excluding carboxylic acids is 1. The molecular weight excluding hydrogens is 501 g/mol. The smallest absolute Gasteiger partial charge is 0.352 e. The minimum Gasteiger partial charge on any atom is -0.477 e. The third-order valence-corrected chi connectivity index (χ3v) is 5.78. The highest BCUT2D eigenvalue weighted by Gasteiger charge is 2.18. The summed E-state index contributed by atoms with van der Waals surface area (Å²) in [5.41, 5.74) is 0.385. The van der Waals surface area contributed by atoms with Crippen molar-refractivity contribution in [3.05, 3.63) is 84.6 Å². The minimum atomic E-state index is -1.29. The topological polar surface area (TPSA) is 75.6 Å². The number of thiophene rings is 1. The van der Waals surface area contributed by atoms with E-state index in [2.05, 4.69) is 21.2 Å². The lowest BCUT2D eigenvalue weighted by atomic mass is 10.1. The number of rotatable bonds is 6. The Morgan fingerprint density at radius 1 is 1.10 bits per heavy atom. The molecule has 0 bridgehead atoms. The third-order valence-electron chi connectivity index (χ3n) is 3.64. The van der Waals surface area contributed by atoms with Gasteiger partial charge < -0.3 is 15.2 Å². The molecule has 1 amide bonds. The first-order chi connectivity index (χ1) is 13.8. The summed E-state index contributed by atoms with van der Waals surface area (Å²) >= 11 is 16.2. The average molecular weight is 513 g/mol. The Bertz CT molecular complexity index is 1100. The lowest BCUT2D eigenvalue weighted by molar-refractivity contribution is -0.132. The highest BCUT2D eigenvalue weighted by atomic mass is 79.9. The molecule has 3 aromatic rings. The fourth-order valence-corrected chi connectivity index (χ4v) is 4.11. The Morgan fingerprint density at radius 3 is 2.38 bits per heavy atom. The van der Waals surface area contributed by atoms with Crippen molar-refractivity contribution in [1.82, 2.24) is 5.32 Å². The monoisotopic (exact) mass is 511 g/mol. The van der Waals surface area contributed by atoms with Crippen LogP contribution in [0.5, 0.6) is 11.5 Å². The molecule has 0 unspecified atom stereocenters. The fourth-order valence-electron chi connectivity index (χ4n) is 2.29. The Labute approximate surface area is 188 Å². The van der Waals surface area contributed by atoms with Gasteiger partial charge in [0.2, 0.25) is 0 Å². The zero-order valence-corrected chi connectivity index (χ0v) is 18.4. The van der Waals surface area contributed by atoms with E-state index in [1.54, 1.807) is 24.3 Å². The van der Waals surface area contributed by atoms with E-state index in [-0.39, 0.29) is 15.6 Å². The molecule has 29 heavy (non-hydrogen) atoms. The molecule has 0 aliphatic carbocycles. The second-order valence-electron chi connectivity index (χ2n) is 5.66. The number of ether oxygens (including phenoxy) is 1. The maximum Gasteiger partial charge on any atom is 0.352 e. The number of halogens is 3. The SMILES string of the molecule is O=C(O)/C(=C\c1ccc(Oc2ccccc2Br)cc1)NC(=O)c1cc(Cl)sc1Cl. The quantitative estimate of drug-likeness (QED) is 0.371. The van der Waals surface area contributed by atoms with E-state index in [0.29, 0.717) is 21.4 Å². The molecule has 148 valence electrons. The predicted molar refractivity (Wildman–Crippen MR) is 118 cm³/mol. The van der Waals surface area contributed by atoms with Crippen LogP contribution in [-0.4, -0.2) is 17.0 Å². The van der Waals surface area contributed by atoms with Crippen LogP contribution in [0.25, 0.3) is 6.08 Å². The van der Waals surface area contributed by atoms with Crippen molar-refractivity contribution in [3.63, 3.8) is 0 Å². The molecule has 0 fully saturated rings. The van der Waals surface area contributed by atoms with Crippen molar-refractivity contribution in [2.24, 2.45) is 0 Å². The number of carboxylic acid groups (broad SMARTS) is 1. The second-order valence-corrected chi connectivity index (χ2v) is 8.80. The Balaban J connectivity index is 1.77. The molecule has 3 rings (SSSR count). The molecule has 9 heteroatoms.